The Kier molecular flexibility index (Phi) is 17.5. The lowest BCUT2D eigenvalue weighted by molar-refractivity contribution is 0.0876. The minimum atomic E-state index is -0.740. The van der Waals surface area contributed by atoms with E-state index in [0.29, 0.717) is 11.5 Å². The van der Waals surface area contributed by atoms with Gasteiger partial charge in [-0.25, -0.2) is 0 Å². The summed E-state index contributed by atoms with van der Waals surface area (Å²) in [7, 11) is 11.0. The first-order chi connectivity index (χ1) is 12.2. The van der Waals surface area contributed by atoms with Crippen LogP contribution in [-0.4, -0.2) is 105 Å². The second-order valence-electron chi connectivity index (χ2n) is 8.13. The maximum atomic E-state index is 6.13. The molecule has 0 saturated heterocycles. The standard InChI is InChI=1S/C18H44N2O2S2Si2/c1-19(2)11-13-21-17(25(5)6)9-15-23-24-16-10-18(26(7)8)22-14-12-20(3)4/h17-18,25-26H,9-16H2,1-8H3. The van der Waals surface area contributed by atoms with Crippen LogP contribution in [0.5, 0.6) is 0 Å². The molecular formula is C18H44N2O2S2Si2. The van der Waals surface area contributed by atoms with E-state index in [2.05, 4.69) is 64.2 Å². The van der Waals surface area contributed by atoms with Crippen LogP contribution in [0.4, 0.5) is 0 Å². The molecule has 0 heterocycles. The van der Waals surface area contributed by atoms with E-state index in [0.717, 1.165) is 26.3 Å². The van der Waals surface area contributed by atoms with E-state index in [1.165, 1.54) is 24.3 Å². The van der Waals surface area contributed by atoms with E-state index >= 15 is 0 Å². The number of hydrogen-bond acceptors (Lipinski definition) is 6. The van der Waals surface area contributed by atoms with Crippen LogP contribution in [0, 0.1) is 0 Å². The fourth-order valence-electron chi connectivity index (χ4n) is 2.44. The van der Waals surface area contributed by atoms with Gasteiger partial charge in [-0.15, -0.1) is 0 Å². The van der Waals surface area contributed by atoms with Gasteiger partial charge in [0.2, 0.25) is 0 Å². The number of likely N-dealkylation sites (N-methyl/N-ethyl adjacent to an activating group) is 2. The average molecular weight is 441 g/mol. The van der Waals surface area contributed by atoms with Crippen LogP contribution in [0.25, 0.3) is 0 Å². The summed E-state index contributed by atoms with van der Waals surface area (Å²) in [6.07, 6.45) is 2.41. The monoisotopic (exact) mass is 440 g/mol. The summed E-state index contributed by atoms with van der Waals surface area (Å²) in [5.74, 6) is 2.40. The first-order valence-corrected chi connectivity index (χ1v) is 18.4. The highest BCUT2D eigenvalue weighted by Gasteiger charge is 2.16. The van der Waals surface area contributed by atoms with Crippen LogP contribution in [0.2, 0.25) is 26.2 Å². The molecule has 0 aromatic heterocycles. The Hall–Kier alpha value is 0.974. The molecule has 0 aromatic carbocycles. The first kappa shape index (κ1) is 27.0. The molecule has 0 aromatic rings. The van der Waals surface area contributed by atoms with Gasteiger partial charge in [0.25, 0.3) is 0 Å². The van der Waals surface area contributed by atoms with Crippen LogP contribution in [-0.2, 0) is 9.47 Å². The summed E-state index contributed by atoms with van der Waals surface area (Å²) in [6.45, 7) is 13.4. The van der Waals surface area contributed by atoms with Crippen molar-refractivity contribution >= 4 is 39.2 Å². The van der Waals surface area contributed by atoms with Crippen molar-refractivity contribution in [1.29, 1.82) is 0 Å². The van der Waals surface area contributed by atoms with E-state index < -0.39 is 17.6 Å². The zero-order chi connectivity index (χ0) is 19.9. The molecule has 0 aliphatic heterocycles. The Bertz CT molecular complexity index is 296. The highest BCUT2D eigenvalue weighted by Crippen LogP contribution is 2.25. The van der Waals surface area contributed by atoms with Crippen molar-refractivity contribution < 1.29 is 9.47 Å². The minimum Gasteiger partial charge on any atom is -0.381 e. The molecule has 0 rings (SSSR count). The van der Waals surface area contributed by atoms with Crippen molar-refractivity contribution in [2.24, 2.45) is 0 Å². The van der Waals surface area contributed by atoms with Crippen LogP contribution in [0.3, 0.4) is 0 Å². The Labute approximate surface area is 174 Å². The van der Waals surface area contributed by atoms with Gasteiger partial charge in [0.05, 0.1) is 30.8 Å². The SMILES string of the molecule is CN(C)CCOC(CCSSCCC(OCCN(C)C)[SiH](C)C)[SiH](C)C. The summed E-state index contributed by atoms with van der Waals surface area (Å²) in [4.78, 5) is 4.39. The third kappa shape index (κ3) is 16.0. The topological polar surface area (TPSA) is 24.9 Å². The summed E-state index contributed by atoms with van der Waals surface area (Å²) < 4.78 is 12.3. The minimum absolute atomic E-state index is 0.522. The molecule has 2 unspecified atom stereocenters. The molecule has 8 heteroatoms. The second-order valence-corrected chi connectivity index (χ2v) is 17.3. The molecule has 0 radical (unpaired) electrons. The van der Waals surface area contributed by atoms with Gasteiger partial charge >= 0.3 is 0 Å². The Morgan fingerprint density at radius 1 is 0.692 bits per heavy atom. The van der Waals surface area contributed by atoms with Gasteiger partial charge in [-0.3, -0.25) is 0 Å². The third-order valence-corrected chi connectivity index (χ3v) is 10.8. The molecule has 158 valence electrons. The van der Waals surface area contributed by atoms with Gasteiger partial charge in [0.15, 0.2) is 0 Å². The van der Waals surface area contributed by atoms with Crippen molar-refractivity contribution in [3.8, 4) is 0 Å². The third-order valence-electron chi connectivity index (χ3n) is 4.28. The zero-order valence-electron chi connectivity index (χ0n) is 18.5. The van der Waals surface area contributed by atoms with Crippen molar-refractivity contribution in [1.82, 2.24) is 9.80 Å². The molecule has 26 heavy (non-hydrogen) atoms. The molecule has 0 spiro atoms. The number of hydrogen-bond donors (Lipinski definition) is 0. The van der Waals surface area contributed by atoms with E-state index in [1.54, 1.807) is 0 Å². The van der Waals surface area contributed by atoms with Crippen molar-refractivity contribution in [2.45, 2.75) is 50.5 Å². The summed E-state index contributed by atoms with van der Waals surface area (Å²) in [5.41, 5.74) is 1.04. The van der Waals surface area contributed by atoms with Gasteiger partial charge in [-0.2, -0.15) is 0 Å². The molecule has 0 aliphatic rings. The predicted octanol–water partition coefficient (Wildman–Crippen LogP) is 3.09. The quantitative estimate of drug-likeness (QED) is 0.196. The molecule has 0 fully saturated rings. The van der Waals surface area contributed by atoms with Crippen molar-refractivity contribution in [3.63, 3.8) is 0 Å². The number of ether oxygens (including phenoxy) is 2. The molecule has 0 bridgehead atoms. The van der Waals surface area contributed by atoms with Crippen LogP contribution >= 0.6 is 21.6 Å². The maximum absolute atomic E-state index is 6.13. The summed E-state index contributed by atoms with van der Waals surface area (Å²) in [5, 5.41) is 0. The van der Waals surface area contributed by atoms with E-state index in [9.17, 15) is 0 Å². The first-order valence-electron chi connectivity index (χ1n) is 10.0. The fraction of sp³-hybridized carbons (Fsp3) is 1.00. The average Bonchev–Trinajstić information content (AvgIpc) is 2.53. The normalized spacial score (nSPS) is 14.8. The van der Waals surface area contributed by atoms with Crippen LogP contribution < -0.4 is 0 Å². The van der Waals surface area contributed by atoms with Gasteiger partial charge in [0, 0.05) is 36.0 Å². The molecule has 4 nitrogen and oxygen atoms in total. The van der Waals surface area contributed by atoms with E-state index in [-0.39, 0.29) is 0 Å². The molecule has 0 aliphatic carbocycles. The highest BCUT2D eigenvalue weighted by molar-refractivity contribution is 8.76. The lowest BCUT2D eigenvalue weighted by atomic mass is 10.5. The fourth-order valence-corrected chi connectivity index (χ4v) is 7.81. The number of nitrogens with zero attached hydrogens (tertiary/aromatic N) is 2. The zero-order valence-corrected chi connectivity index (χ0v) is 22.4. The molecule has 2 atom stereocenters. The van der Waals surface area contributed by atoms with Crippen molar-refractivity contribution in [2.75, 3.05) is 66.0 Å². The van der Waals surface area contributed by atoms with Gasteiger partial charge in [-0.05, 0) is 41.0 Å². The largest absolute Gasteiger partial charge is 0.381 e. The lowest BCUT2D eigenvalue weighted by Crippen LogP contribution is -2.31. The Balaban J connectivity index is 3.86. The Morgan fingerprint density at radius 3 is 1.31 bits per heavy atom. The van der Waals surface area contributed by atoms with Gasteiger partial charge in [-0.1, -0.05) is 47.8 Å². The maximum Gasteiger partial charge on any atom is 0.0656 e. The second kappa shape index (κ2) is 16.9. The van der Waals surface area contributed by atoms with Crippen LogP contribution in [0.15, 0.2) is 0 Å². The molecule has 0 amide bonds. The summed E-state index contributed by atoms with van der Waals surface area (Å²) in [6, 6.07) is 0. The highest BCUT2D eigenvalue weighted by atomic mass is 33.1. The summed E-state index contributed by atoms with van der Waals surface area (Å²) >= 11 is 0. The number of rotatable bonds is 17. The van der Waals surface area contributed by atoms with Gasteiger partial charge < -0.3 is 19.3 Å². The molecule has 0 N–H and O–H groups in total. The lowest BCUT2D eigenvalue weighted by Gasteiger charge is -2.22. The Morgan fingerprint density at radius 2 is 1.04 bits per heavy atom. The smallest absolute Gasteiger partial charge is 0.0656 e. The van der Waals surface area contributed by atoms with Crippen molar-refractivity contribution in [3.05, 3.63) is 0 Å². The molecular weight excluding hydrogens is 397 g/mol. The van der Waals surface area contributed by atoms with Gasteiger partial charge in [0.1, 0.15) is 0 Å². The van der Waals surface area contributed by atoms with Crippen LogP contribution in [0.1, 0.15) is 12.8 Å². The van der Waals surface area contributed by atoms with E-state index in [1.807, 2.05) is 21.6 Å². The van der Waals surface area contributed by atoms with E-state index in [4.69, 9.17) is 9.47 Å². The molecule has 0 saturated carbocycles. The predicted molar refractivity (Wildman–Crippen MR) is 128 cm³/mol.